The van der Waals surface area contributed by atoms with Crippen LogP contribution in [-0.4, -0.2) is 0 Å². The maximum atomic E-state index is 8.24. The summed E-state index contributed by atoms with van der Waals surface area (Å²) in [5, 5.41) is 0. The first kappa shape index (κ1) is 72.6. The second-order valence-electron chi connectivity index (χ2n) is 34.5. The maximum absolute atomic E-state index is 8.24. The minimum Gasteiger partial charge on any atom is -0.201 e. The van der Waals surface area contributed by atoms with E-state index in [0.29, 0.717) is 50.2 Å². The summed E-state index contributed by atoms with van der Waals surface area (Å²) in [4.78, 5) is 0. The van der Waals surface area contributed by atoms with Crippen LogP contribution < -0.4 is 22.8 Å². The highest BCUT2D eigenvalue weighted by atomic mass is 15.0. The van der Waals surface area contributed by atoms with Gasteiger partial charge in [0.25, 0.3) is 0 Å². The van der Waals surface area contributed by atoms with E-state index in [1.165, 1.54) is 140 Å². The molecule has 0 bridgehead atoms. The Hall–Kier alpha value is -12.1. The molecule has 0 atom stereocenters. The van der Waals surface area contributed by atoms with Gasteiger partial charge in [0, 0.05) is 102 Å². The van der Waals surface area contributed by atoms with E-state index in [2.05, 4.69) is 283 Å². The van der Waals surface area contributed by atoms with Crippen LogP contribution in [0.3, 0.4) is 0 Å². The molecular weight excluding hydrogens is 1490 g/mol. The van der Waals surface area contributed by atoms with Crippen molar-refractivity contribution in [3.8, 4) is 112 Å². The predicted molar refractivity (Wildman–Crippen MR) is 525 cm³/mol. The molecule has 0 saturated carbocycles. The van der Waals surface area contributed by atoms with Crippen molar-refractivity contribution in [2.75, 3.05) is 0 Å². The highest BCUT2D eigenvalue weighted by Crippen LogP contribution is 2.43. The third-order valence-electron chi connectivity index (χ3n) is 24.9. The van der Waals surface area contributed by atoms with Gasteiger partial charge in [-0.25, -0.2) is 13.7 Å². The summed E-state index contributed by atoms with van der Waals surface area (Å²) in [7, 11) is 10.1. The maximum Gasteiger partial charge on any atom is 0.213 e. The summed E-state index contributed by atoms with van der Waals surface area (Å²) < 4.78 is 131. The molecule has 0 aliphatic carbocycles. The summed E-state index contributed by atoms with van der Waals surface area (Å²) in [5.74, 6) is 0. The van der Waals surface area contributed by atoms with Crippen LogP contribution in [0.1, 0.15) is 176 Å². The minimum absolute atomic E-state index is 0.144. The van der Waals surface area contributed by atoms with E-state index in [4.69, 9.17) is 20.6 Å². The van der Waals surface area contributed by atoms with Gasteiger partial charge in [-0.1, -0.05) is 127 Å². The number of rotatable bonds is 10. The Bertz CT molecular complexity index is 6980. The SMILES string of the molecule is Cc1cc(-c2ccccc2C)[n+](C)c(-c2ccccc2C)c1.Cc1cc(C)c(-c2c(C)cc(C)c(-c3cc(C)c(C)c[n+]3C)c2C)cc1C.Cc1ccccc1-c1cccc(-c2ccccc2C)[n+]1C.[2H]C([2H])([2H])c1cc(C)c(-c2c(C)cc(C([2H])([2H])[2H])c(-c3cc(C([2H])([2H])[2H])c(C)c[n+]3C)c2C)cc1C.[2H]C([2H])([2H])c1cc(C)c(-c2c(C)cc(C([2H])([2H])[2H])c(-c3ccc(C)c[n+]3C)c2C)cc1C. The third kappa shape index (κ3) is 19.7. The van der Waals surface area contributed by atoms with E-state index in [9.17, 15) is 0 Å². The van der Waals surface area contributed by atoms with Crippen molar-refractivity contribution < 1.29 is 43.4 Å². The monoisotopic (exact) mass is 1640 g/mol. The quantitative estimate of drug-likeness (QED) is 0.122. The lowest BCUT2D eigenvalue weighted by molar-refractivity contribution is -0.660. The molecule has 0 unspecified atom stereocenters. The first-order valence-corrected chi connectivity index (χ1v) is 42.7. The van der Waals surface area contributed by atoms with Gasteiger partial charge in [-0.05, 0) is 402 Å². The summed E-state index contributed by atoms with van der Waals surface area (Å²) in [5.41, 5.74) is 47.9. The predicted octanol–water partition coefficient (Wildman–Crippen LogP) is 27.9. The molecule has 5 heterocycles. The highest BCUT2D eigenvalue weighted by molar-refractivity contribution is 5.86. The van der Waals surface area contributed by atoms with Gasteiger partial charge in [0.2, 0.25) is 39.9 Å². The average molecular weight is 1640 g/mol. The van der Waals surface area contributed by atoms with Crippen LogP contribution in [0.2, 0.25) is 0 Å². The van der Waals surface area contributed by atoms with Gasteiger partial charge in [-0.15, -0.1) is 0 Å². The van der Waals surface area contributed by atoms with Crippen LogP contribution in [0, 0.1) is 194 Å². The Labute approximate surface area is 761 Å². The number of hydrogen-bond donors (Lipinski definition) is 0. The first-order chi connectivity index (χ1) is 64.2. The van der Waals surface area contributed by atoms with Crippen LogP contribution in [0.5, 0.6) is 0 Å². The van der Waals surface area contributed by atoms with Crippen molar-refractivity contribution in [2.24, 2.45) is 35.2 Å². The lowest BCUT2D eigenvalue weighted by Gasteiger charge is -2.19. The zero-order valence-corrected chi connectivity index (χ0v) is 78.1. The fraction of sp³-hybridized carbons (Fsp3) is 0.280. The molecule has 5 heteroatoms. The molecule has 15 aromatic rings. The number of hydrogen-bond acceptors (Lipinski definition) is 0. The molecule has 123 heavy (non-hydrogen) atoms. The molecule has 5 aromatic heterocycles. The zero-order valence-electron chi connectivity index (χ0n) is 93.1. The van der Waals surface area contributed by atoms with E-state index < -0.39 is 34.3 Å². The number of pyridine rings is 5. The highest BCUT2D eigenvalue weighted by Gasteiger charge is 2.28. The molecule has 0 aliphatic heterocycles. The van der Waals surface area contributed by atoms with Gasteiger partial charge in [0.1, 0.15) is 35.2 Å². The number of nitrogens with zero attached hydrogens (tertiary/aromatic N) is 5. The number of benzene rings is 10. The minimum atomic E-state index is -2.43. The van der Waals surface area contributed by atoms with Crippen LogP contribution in [-0.2, 0) is 35.2 Å². The Kier molecular flexibility index (Phi) is 22.8. The fourth-order valence-electron chi connectivity index (χ4n) is 17.9. The molecule has 628 valence electrons. The van der Waals surface area contributed by atoms with E-state index in [1.807, 2.05) is 97.5 Å². The van der Waals surface area contributed by atoms with E-state index >= 15 is 0 Å². The fourth-order valence-corrected chi connectivity index (χ4v) is 17.9. The van der Waals surface area contributed by atoms with Crippen LogP contribution in [0.4, 0.5) is 0 Å². The Morgan fingerprint density at radius 2 is 0.447 bits per heavy atom. The first-order valence-electron chi connectivity index (χ1n) is 50.2. The van der Waals surface area contributed by atoms with E-state index in [0.717, 1.165) is 61.3 Å². The molecule has 15 rings (SSSR count). The van der Waals surface area contributed by atoms with Crippen molar-refractivity contribution in [3.05, 3.63) is 381 Å². The molecule has 10 aromatic carbocycles. The van der Waals surface area contributed by atoms with Crippen LogP contribution >= 0.6 is 0 Å². The molecule has 0 fully saturated rings. The molecule has 5 nitrogen and oxygen atoms in total. The molecule has 0 amide bonds. The van der Waals surface area contributed by atoms with Crippen molar-refractivity contribution in [1.82, 2.24) is 0 Å². The van der Waals surface area contributed by atoms with E-state index in [-0.39, 0.29) is 16.7 Å². The van der Waals surface area contributed by atoms with Gasteiger partial charge < -0.3 is 0 Å². The number of aromatic nitrogens is 5. The normalized spacial score (nSPS) is 13.3. The Morgan fingerprint density at radius 3 is 0.829 bits per heavy atom. The van der Waals surface area contributed by atoms with Crippen molar-refractivity contribution in [2.45, 2.75) is 194 Å². The third-order valence-corrected chi connectivity index (χ3v) is 24.9. The lowest BCUT2D eigenvalue weighted by atomic mass is 9.85. The Balaban J connectivity index is 0.000000167. The standard InChI is InChI=1S/2C26H32N.C25H30N.C21H22N.C20H20N/c2*1-15-10-18(4)23(12-16(15)2)25-19(5)11-20(6)26(22(25)8)24-13-17(3)21(7)14-27(24)9;1-15-9-10-23(26(8)14-15)25-20(6)12-19(5)24(21(25)7)22-13-17(3)16(2)11-18(22)4;1-15-13-20(18-11-7-5-9-16(18)2)22(4)21(14-15)19-12-8-6-10-17(19)3;1-15-9-4-6-11-17(15)19-13-8-14-20(21(19)3)18-12-7-5-10-16(18)2/h2*10-14H,1-9H3;9-14H,1-8H3;5-14H,1-4H3;4-14H,1-3H3/q5*+1/i1D3,3D3,6D3;;2D3,6D3;;. The van der Waals surface area contributed by atoms with Gasteiger partial charge in [0.05, 0.1) is 16.7 Å². The van der Waals surface area contributed by atoms with Crippen molar-refractivity contribution in [3.63, 3.8) is 0 Å². The topological polar surface area (TPSA) is 19.4 Å². The average Bonchev–Trinajstić information content (AvgIpc) is 0.735. The zero-order chi connectivity index (χ0) is 102. The molecule has 0 aliphatic rings. The van der Waals surface area contributed by atoms with E-state index in [1.54, 1.807) is 62.0 Å². The molecule has 0 saturated heterocycles. The smallest absolute Gasteiger partial charge is 0.201 e. The second kappa shape index (κ2) is 38.6. The second-order valence-corrected chi connectivity index (χ2v) is 34.5. The molecule has 0 N–H and O–H groups in total. The van der Waals surface area contributed by atoms with Crippen LogP contribution in [0.15, 0.2) is 225 Å². The van der Waals surface area contributed by atoms with Gasteiger partial charge in [0.15, 0.2) is 18.6 Å². The summed E-state index contributed by atoms with van der Waals surface area (Å²) >= 11 is 0. The summed E-state index contributed by atoms with van der Waals surface area (Å²) in [6.07, 6.45) is 5.93. The largest absolute Gasteiger partial charge is 0.213 e. The lowest BCUT2D eigenvalue weighted by Crippen LogP contribution is -2.34. The Morgan fingerprint density at radius 1 is 0.171 bits per heavy atom. The van der Waals surface area contributed by atoms with Crippen molar-refractivity contribution in [1.29, 1.82) is 0 Å². The van der Waals surface area contributed by atoms with Gasteiger partial charge in [-0.3, -0.25) is 0 Å². The van der Waals surface area contributed by atoms with Crippen LogP contribution in [0.25, 0.3) is 112 Å². The van der Waals surface area contributed by atoms with Gasteiger partial charge in [-0.2, -0.15) is 9.13 Å². The van der Waals surface area contributed by atoms with Gasteiger partial charge >= 0.3 is 0 Å². The molecule has 0 spiro atoms. The summed E-state index contributed by atoms with van der Waals surface area (Å²) in [6, 6.07) is 70.7. The number of aryl methyl sites for hydroxylation is 28. The van der Waals surface area contributed by atoms with Crippen molar-refractivity contribution >= 4 is 0 Å². The molecule has 0 radical (unpaired) electrons. The molecular formula is C118H136N5+5. The summed E-state index contributed by atoms with van der Waals surface area (Å²) in [6.45, 7) is 35.8.